The Morgan fingerprint density at radius 2 is 2.09 bits per heavy atom. The molecule has 0 spiro atoms. The first-order valence-electron chi connectivity index (χ1n) is 11.0. The normalized spacial score (nSPS) is 16.6. The summed E-state index contributed by atoms with van der Waals surface area (Å²) in [5.41, 5.74) is 1.94. The van der Waals surface area contributed by atoms with E-state index in [9.17, 15) is 4.79 Å². The highest BCUT2D eigenvalue weighted by molar-refractivity contribution is 7.98. The summed E-state index contributed by atoms with van der Waals surface area (Å²) in [4.78, 5) is 19.4. The molecule has 0 saturated carbocycles. The summed E-state index contributed by atoms with van der Waals surface area (Å²) >= 11 is 14.0. The van der Waals surface area contributed by atoms with E-state index in [1.165, 1.54) is 0 Å². The highest BCUT2D eigenvalue weighted by Gasteiger charge is 2.26. The van der Waals surface area contributed by atoms with E-state index in [0.717, 1.165) is 47.0 Å². The van der Waals surface area contributed by atoms with Crippen molar-refractivity contribution in [2.24, 2.45) is 5.92 Å². The predicted molar refractivity (Wildman–Crippen MR) is 133 cm³/mol. The van der Waals surface area contributed by atoms with Crippen molar-refractivity contribution >= 4 is 40.9 Å². The summed E-state index contributed by atoms with van der Waals surface area (Å²) in [5.74, 6) is 2.84. The first-order chi connectivity index (χ1) is 16.1. The molecule has 1 N–H and O–H groups in total. The Morgan fingerprint density at radius 3 is 2.94 bits per heavy atom. The van der Waals surface area contributed by atoms with E-state index in [4.69, 9.17) is 27.7 Å². The zero-order chi connectivity index (χ0) is 23.0. The van der Waals surface area contributed by atoms with Crippen molar-refractivity contribution in [2.45, 2.75) is 25.1 Å². The Bertz CT molecular complexity index is 1080. The van der Waals surface area contributed by atoms with E-state index in [2.05, 4.69) is 20.4 Å². The number of rotatable bonds is 9. The highest BCUT2D eigenvalue weighted by atomic mass is 35.5. The van der Waals surface area contributed by atoms with Crippen molar-refractivity contribution in [1.29, 1.82) is 0 Å². The molecule has 6 nitrogen and oxygen atoms in total. The van der Waals surface area contributed by atoms with Gasteiger partial charge >= 0.3 is 0 Å². The van der Waals surface area contributed by atoms with E-state index in [1.807, 2.05) is 48.5 Å². The second-order valence-electron chi connectivity index (χ2n) is 8.03. The Hall–Kier alpha value is -2.06. The molecule has 0 bridgehead atoms. The van der Waals surface area contributed by atoms with Crippen LogP contribution in [-0.4, -0.2) is 46.3 Å². The molecule has 3 aromatic rings. The van der Waals surface area contributed by atoms with Gasteiger partial charge in [-0.25, -0.2) is 0 Å². The summed E-state index contributed by atoms with van der Waals surface area (Å²) in [6.07, 6.45) is 1.86. The van der Waals surface area contributed by atoms with Crippen LogP contribution in [0.1, 0.15) is 24.3 Å². The SMILES string of the molecule is O=C(NCCSCc1ccccc1Cl)C1CCCN(Cc2nc(-c3cccc(Cl)c3)no2)C1. The molecular weight excluding hydrogens is 479 g/mol. The third-order valence-corrected chi connectivity index (χ3v) is 7.16. The van der Waals surface area contributed by atoms with Crippen molar-refractivity contribution in [3.05, 3.63) is 70.0 Å². The molecule has 33 heavy (non-hydrogen) atoms. The monoisotopic (exact) mass is 504 g/mol. The number of likely N-dealkylation sites (tertiary alicyclic amines) is 1. The minimum Gasteiger partial charge on any atom is -0.355 e. The van der Waals surface area contributed by atoms with Gasteiger partial charge in [0, 0.05) is 40.2 Å². The third kappa shape index (κ3) is 6.96. The van der Waals surface area contributed by atoms with Gasteiger partial charge in [0.2, 0.25) is 17.6 Å². The average Bonchev–Trinajstić information content (AvgIpc) is 3.28. The summed E-state index contributed by atoms with van der Waals surface area (Å²) in [6, 6.07) is 15.2. The van der Waals surface area contributed by atoms with Crippen molar-refractivity contribution in [2.75, 3.05) is 25.4 Å². The maximum absolute atomic E-state index is 12.7. The van der Waals surface area contributed by atoms with Gasteiger partial charge in [0.25, 0.3) is 0 Å². The Kier molecular flexibility index (Phi) is 8.67. The number of hydrogen-bond donors (Lipinski definition) is 1. The van der Waals surface area contributed by atoms with Gasteiger partial charge in [-0.2, -0.15) is 16.7 Å². The fourth-order valence-electron chi connectivity index (χ4n) is 3.86. The molecule has 2 heterocycles. The molecule has 0 radical (unpaired) electrons. The van der Waals surface area contributed by atoms with Crippen LogP contribution in [0.25, 0.3) is 11.4 Å². The third-order valence-electron chi connectivity index (χ3n) is 5.55. The Balaban J connectivity index is 1.20. The molecular formula is C24H26Cl2N4O2S. The highest BCUT2D eigenvalue weighted by Crippen LogP contribution is 2.23. The molecule has 1 aromatic heterocycles. The number of carbonyl (C=O) groups excluding carboxylic acids is 1. The number of thioether (sulfide) groups is 1. The zero-order valence-corrected chi connectivity index (χ0v) is 20.5. The van der Waals surface area contributed by atoms with E-state index < -0.39 is 0 Å². The standard InChI is InChI=1S/C24H26Cl2N4O2S/c25-20-8-3-6-17(13-20)23-28-22(32-29-23)15-30-11-4-7-18(14-30)24(31)27-10-12-33-16-19-5-1-2-9-21(19)26/h1-3,5-6,8-9,13,18H,4,7,10-12,14-16H2,(H,27,31). The van der Waals surface area contributed by atoms with Crippen molar-refractivity contribution < 1.29 is 9.32 Å². The number of carbonyl (C=O) groups is 1. The average molecular weight is 505 g/mol. The molecule has 9 heteroatoms. The Labute approximate surface area is 208 Å². The lowest BCUT2D eigenvalue weighted by Gasteiger charge is -2.30. The van der Waals surface area contributed by atoms with Crippen LogP contribution in [0.5, 0.6) is 0 Å². The molecule has 1 aliphatic heterocycles. The van der Waals surface area contributed by atoms with Crippen molar-refractivity contribution in [1.82, 2.24) is 20.4 Å². The molecule has 1 aliphatic rings. The number of aromatic nitrogens is 2. The topological polar surface area (TPSA) is 71.3 Å². The summed E-state index contributed by atoms with van der Waals surface area (Å²) in [6.45, 7) is 2.78. The summed E-state index contributed by atoms with van der Waals surface area (Å²) in [7, 11) is 0. The number of nitrogens with one attached hydrogen (secondary N) is 1. The van der Waals surface area contributed by atoms with Crippen LogP contribution >= 0.6 is 35.0 Å². The van der Waals surface area contributed by atoms with Gasteiger partial charge in [-0.3, -0.25) is 9.69 Å². The molecule has 1 saturated heterocycles. The van der Waals surface area contributed by atoms with Gasteiger partial charge in [0.05, 0.1) is 12.5 Å². The van der Waals surface area contributed by atoms with Crippen LogP contribution < -0.4 is 5.32 Å². The number of nitrogens with zero attached hydrogens (tertiary/aromatic N) is 3. The number of benzene rings is 2. The fraction of sp³-hybridized carbons (Fsp3) is 0.375. The van der Waals surface area contributed by atoms with Crippen molar-refractivity contribution in [3.8, 4) is 11.4 Å². The smallest absolute Gasteiger partial charge is 0.241 e. The molecule has 1 fully saturated rings. The van der Waals surface area contributed by atoms with Crippen LogP contribution in [0.15, 0.2) is 53.1 Å². The van der Waals surface area contributed by atoms with Crippen molar-refractivity contribution in [3.63, 3.8) is 0 Å². The van der Waals surface area contributed by atoms with Gasteiger partial charge in [-0.05, 0) is 43.1 Å². The fourth-order valence-corrected chi connectivity index (χ4v) is 5.19. The molecule has 174 valence electrons. The summed E-state index contributed by atoms with van der Waals surface area (Å²) in [5, 5.41) is 8.58. The second-order valence-corrected chi connectivity index (χ2v) is 9.98. The van der Waals surface area contributed by atoms with Crippen LogP contribution in [-0.2, 0) is 17.1 Å². The lowest BCUT2D eigenvalue weighted by atomic mass is 9.97. The van der Waals surface area contributed by atoms with Crippen LogP contribution in [0.4, 0.5) is 0 Å². The summed E-state index contributed by atoms with van der Waals surface area (Å²) < 4.78 is 5.44. The number of hydrogen-bond acceptors (Lipinski definition) is 6. The van der Waals surface area contributed by atoms with Crippen LogP contribution in [0.2, 0.25) is 10.0 Å². The first kappa shape index (κ1) is 24.1. The maximum atomic E-state index is 12.7. The minimum atomic E-state index is -0.0253. The lowest BCUT2D eigenvalue weighted by Crippen LogP contribution is -2.43. The molecule has 0 aliphatic carbocycles. The molecule has 1 atom stereocenters. The van der Waals surface area contributed by atoms with Crippen LogP contribution in [0, 0.1) is 5.92 Å². The van der Waals surface area contributed by atoms with Crippen LogP contribution in [0.3, 0.4) is 0 Å². The van der Waals surface area contributed by atoms with E-state index >= 15 is 0 Å². The lowest BCUT2D eigenvalue weighted by molar-refractivity contribution is -0.126. The van der Waals surface area contributed by atoms with Gasteiger partial charge in [-0.1, -0.05) is 58.7 Å². The number of amides is 1. The maximum Gasteiger partial charge on any atom is 0.241 e. The molecule has 1 amide bonds. The Morgan fingerprint density at radius 1 is 1.21 bits per heavy atom. The van der Waals surface area contributed by atoms with E-state index in [1.54, 1.807) is 11.8 Å². The zero-order valence-electron chi connectivity index (χ0n) is 18.2. The largest absolute Gasteiger partial charge is 0.355 e. The molecule has 1 unspecified atom stereocenters. The van der Waals surface area contributed by atoms with Gasteiger partial charge in [0.1, 0.15) is 0 Å². The van der Waals surface area contributed by atoms with E-state index in [0.29, 0.717) is 36.4 Å². The van der Waals surface area contributed by atoms with Gasteiger partial charge in [0.15, 0.2) is 0 Å². The quantitative estimate of drug-likeness (QED) is 0.398. The number of piperidine rings is 1. The molecule has 2 aromatic carbocycles. The second kappa shape index (κ2) is 11.9. The van der Waals surface area contributed by atoms with Gasteiger partial charge in [-0.15, -0.1) is 0 Å². The van der Waals surface area contributed by atoms with Gasteiger partial charge < -0.3 is 9.84 Å². The number of halogens is 2. The molecule has 4 rings (SSSR count). The minimum absolute atomic E-state index is 0.0253. The van der Waals surface area contributed by atoms with E-state index in [-0.39, 0.29) is 11.8 Å². The predicted octanol–water partition coefficient (Wildman–Crippen LogP) is 5.31. The first-order valence-corrected chi connectivity index (χ1v) is 12.9.